The fourth-order valence-electron chi connectivity index (χ4n) is 3.79. The summed E-state index contributed by atoms with van der Waals surface area (Å²) in [5.41, 5.74) is 3.07. The average Bonchev–Trinajstić information content (AvgIpc) is 2.91. The number of methoxy groups -OCH3 is 1. The molecule has 2 atom stereocenters. The predicted octanol–water partition coefficient (Wildman–Crippen LogP) is 4.94. The molecule has 190 valence electrons. The molecule has 0 fully saturated rings. The van der Waals surface area contributed by atoms with Crippen molar-refractivity contribution in [1.29, 1.82) is 0 Å². The highest BCUT2D eigenvalue weighted by atomic mass is 16.5. The van der Waals surface area contributed by atoms with Crippen LogP contribution < -0.4 is 14.8 Å². The monoisotopic (exact) mass is 488 g/mol. The molecule has 0 radical (unpaired) electrons. The zero-order valence-corrected chi connectivity index (χ0v) is 21.6. The molecule has 0 spiro atoms. The van der Waals surface area contributed by atoms with Crippen LogP contribution >= 0.6 is 0 Å². The lowest BCUT2D eigenvalue weighted by Crippen LogP contribution is -2.53. The number of ether oxygens (including phenoxy) is 2. The first-order valence-corrected chi connectivity index (χ1v) is 12.4. The summed E-state index contributed by atoms with van der Waals surface area (Å²) in [7, 11) is 1.60. The SMILES string of the molecule is CC[C@H](C)NC(=O)[C@@H](Cc1ccccc1)N(Cc1ccc(C)cc1)C(=O)COc1ccc(OC)cc1. The van der Waals surface area contributed by atoms with E-state index in [4.69, 9.17) is 9.47 Å². The van der Waals surface area contributed by atoms with Crippen LogP contribution in [0.5, 0.6) is 11.5 Å². The lowest BCUT2D eigenvalue weighted by Gasteiger charge is -2.32. The number of hydrogen-bond acceptors (Lipinski definition) is 4. The maximum Gasteiger partial charge on any atom is 0.261 e. The largest absolute Gasteiger partial charge is 0.497 e. The number of amides is 2. The molecule has 0 aliphatic carbocycles. The zero-order chi connectivity index (χ0) is 25.9. The summed E-state index contributed by atoms with van der Waals surface area (Å²) in [6.07, 6.45) is 1.21. The van der Waals surface area contributed by atoms with E-state index >= 15 is 0 Å². The van der Waals surface area contributed by atoms with Crippen molar-refractivity contribution in [2.75, 3.05) is 13.7 Å². The van der Waals surface area contributed by atoms with Crippen LogP contribution in [0.25, 0.3) is 0 Å². The van der Waals surface area contributed by atoms with Gasteiger partial charge in [0.25, 0.3) is 5.91 Å². The fourth-order valence-corrected chi connectivity index (χ4v) is 3.79. The summed E-state index contributed by atoms with van der Waals surface area (Å²) < 4.78 is 11.0. The molecule has 3 aromatic carbocycles. The Balaban J connectivity index is 1.88. The van der Waals surface area contributed by atoms with Crippen LogP contribution in [0, 0.1) is 6.92 Å². The van der Waals surface area contributed by atoms with Gasteiger partial charge in [0.2, 0.25) is 5.91 Å². The highest BCUT2D eigenvalue weighted by molar-refractivity contribution is 5.88. The number of rotatable bonds is 12. The van der Waals surface area contributed by atoms with Gasteiger partial charge in [0.15, 0.2) is 6.61 Å². The van der Waals surface area contributed by atoms with E-state index in [1.807, 2.05) is 75.4 Å². The van der Waals surface area contributed by atoms with Crippen LogP contribution in [0.3, 0.4) is 0 Å². The molecule has 3 rings (SSSR count). The molecule has 0 heterocycles. The molecule has 0 aliphatic rings. The summed E-state index contributed by atoms with van der Waals surface area (Å²) in [6.45, 7) is 6.13. The van der Waals surface area contributed by atoms with Gasteiger partial charge in [0.1, 0.15) is 17.5 Å². The Morgan fingerprint density at radius 1 is 0.889 bits per heavy atom. The quantitative estimate of drug-likeness (QED) is 0.392. The van der Waals surface area contributed by atoms with E-state index in [-0.39, 0.29) is 24.5 Å². The van der Waals surface area contributed by atoms with E-state index in [0.29, 0.717) is 24.5 Å². The summed E-state index contributed by atoms with van der Waals surface area (Å²) in [5.74, 6) is 0.840. The average molecular weight is 489 g/mol. The molecule has 2 amide bonds. The van der Waals surface area contributed by atoms with Crippen LogP contribution in [-0.4, -0.2) is 42.5 Å². The van der Waals surface area contributed by atoms with Crippen LogP contribution in [0.2, 0.25) is 0 Å². The minimum Gasteiger partial charge on any atom is -0.497 e. The van der Waals surface area contributed by atoms with Crippen molar-refractivity contribution in [3.8, 4) is 11.5 Å². The molecule has 6 heteroatoms. The summed E-state index contributed by atoms with van der Waals surface area (Å²) in [6, 6.07) is 24.2. The van der Waals surface area contributed by atoms with Gasteiger partial charge >= 0.3 is 0 Å². The van der Waals surface area contributed by atoms with Crippen molar-refractivity contribution in [3.05, 3.63) is 95.6 Å². The van der Waals surface area contributed by atoms with Crippen molar-refractivity contribution in [2.24, 2.45) is 0 Å². The molecule has 36 heavy (non-hydrogen) atoms. The molecule has 6 nitrogen and oxygen atoms in total. The molecule has 0 aliphatic heterocycles. The molecule has 0 aromatic heterocycles. The van der Waals surface area contributed by atoms with Crippen LogP contribution in [0.15, 0.2) is 78.9 Å². The number of aryl methyl sites for hydroxylation is 1. The lowest BCUT2D eigenvalue weighted by molar-refractivity contribution is -0.143. The van der Waals surface area contributed by atoms with Crippen LogP contribution in [0.1, 0.15) is 37.0 Å². The van der Waals surface area contributed by atoms with Gasteiger partial charge in [-0.3, -0.25) is 9.59 Å². The van der Waals surface area contributed by atoms with E-state index in [1.54, 1.807) is 36.3 Å². The maximum atomic E-state index is 13.6. The Morgan fingerprint density at radius 2 is 1.53 bits per heavy atom. The minimum atomic E-state index is -0.685. The summed E-state index contributed by atoms with van der Waals surface area (Å²) in [5, 5.41) is 3.08. The van der Waals surface area contributed by atoms with E-state index in [9.17, 15) is 9.59 Å². The molecule has 3 aromatic rings. The standard InChI is InChI=1S/C30H36N2O4/c1-5-23(3)31-30(34)28(19-24-9-7-6-8-10-24)32(20-25-13-11-22(2)12-14-25)29(33)21-36-27-17-15-26(35-4)16-18-27/h6-18,23,28H,5,19-21H2,1-4H3,(H,31,34)/t23-,28+/m0/s1. The van der Waals surface area contributed by atoms with E-state index in [0.717, 1.165) is 23.1 Å². The molecule has 0 saturated carbocycles. The predicted molar refractivity (Wildman–Crippen MR) is 142 cm³/mol. The number of nitrogens with one attached hydrogen (secondary N) is 1. The van der Waals surface area contributed by atoms with Crippen molar-refractivity contribution >= 4 is 11.8 Å². The Bertz CT molecular complexity index is 1100. The van der Waals surface area contributed by atoms with Crippen molar-refractivity contribution in [3.63, 3.8) is 0 Å². The minimum absolute atomic E-state index is 0.00245. The number of hydrogen-bond donors (Lipinski definition) is 1. The number of nitrogens with zero attached hydrogens (tertiary/aromatic N) is 1. The highest BCUT2D eigenvalue weighted by Gasteiger charge is 2.31. The second-order valence-corrected chi connectivity index (χ2v) is 8.99. The number of carbonyl (C=O) groups excluding carboxylic acids is 2. The topological polar surface area (TPSA) is 67.9 Å². The molecule has 0 saturated heterocycles. The first kappa shape index (κ1) is 26.8. The van der Waals surface area contributed by atoms with Gasteiger partial charge in [-0.25, -0.2) is 0 Å². The lowest BCUT2D eigenvalue weighted by atomic mass is 10.0. The third kappa shape index (κ3) is 7.87. The Hall–Kier alpha value is -3.80. The number of benzene rings is 3. The van der Waals surface area contributed by atoms with E-state index in [1.165, 1.54) is 0 Å². The van der Waals surface area contributed by atoms with Gasteiger partial charge in [-0.15, -0.1) is 0 Å². The Kier molecular flexibility index (Phi) is 9.92. The maximum absolute atomic E-state index is 13.6. The third-order valence-corrected chi connectivity index (χ3v) is 6.17. The van der Waals surface area contributed by atoms with Gasteiger partial charge in [-0.05, 0) is 55.7 Å². The van der Waals surface area contributed by atoms with E-state index < -0.39 is 6.04 Å². The Morgan fingerprint density at radius 3 is 2.14 bits per heavy atom. The van der Waals surface area contributed by atoms with Crippen LogP contribution in [-0.2, 0) is 22.6 Å². The van der Waals surface area contributed by atoms with Gasteiger partial charge in [0.05, 0.1) is 7.11 Å². The van der Waals surface area contributed by atoms with Gasteiger partial charge < -0.3 is 19.7 Å². The first-order chi connectivity index (χ1) is 17.4. The second kappa shape index (κ2) is 13.3. The van der Waals surface area contributed by atoms with Crippen molar-refractivity contribution < 1.29 is 19.1 Å². The van der Waals surface area contributed by atoms with Gasteiger partial charge in [0, 0.05) is 19.0 Å². The molecule has 1 N–H and O–H groups in total. The molecule has 0 bridgehead atoms. The Labute approximate surface area is 214 Å². The number of carbonyl (C=O) groups is 2. The smallest absolute Gasteiger partial charge is 0.261 e. The normalized spacial score (nSPS) is 12.3. The van der Waals surface area contributed by atoms with Crippen molar-refractivity contribution in [1.82, 2.24) is 10.2 Å². The van der Waals surface area contributed by atoms with Gasteiger partial charge in [-0.2, -0.15) is 0 Å². The van der Waals surface area contributed by atoms with Crippen molar-refractivity contribution in [2.45, 2.75) is 52.2 Å². The van der Waals surface area contributed by atoms with Crippen LogP contribution in [0.4, 0.5) is 0 Å². The zero-order valence-electron chi connectivity index (χ0n) is 21.6. The third-order valence-electron chi connectivity index (χ3n) is 6.17. The summed E-state index contributed by atoms with van der Waals surface area (Å²) in [4.78, 5) is 28.7. The van der Waals surface area contributed by atoms with Gasteiger partial charge in [-0.1, -0.05) is 67.1 Å². The molecular formula is C30H36N2O4. The molecular weight excluding hydrogens is 452 g/mol. The molecule has 0 unspecified atom stereocenters. The first-order valence-electron chi connectivity index (χ1n) is 12.4. The summed E-state index contributed by atoms with van der Waals surface area (Å²) >= 11 is 0. The van der Waals surface area contributed by atoms with E-state index in [2.05, 4.69) is 5.32 Å². The fraction of sp³-hybridized carbons (Fsp3) is 0.333. The highest BCUT2D eigenvalue weighted by Crippen LogP contribution is 2.19. The second-order valence-electron chi connectivity index (χ2n) is 8.99.